The van der Waals surface area contributed by atoms with Gasteiger partial charge in [-0.3, -0.25) is 0 Å². The molecule has 2 aliphatic carbocycles. The Balaban J connectivity index is 0.000000254. The molecule has 2 aliphatic rings. The summed E-state index contributed by atoms with van der Waals surface area (Å²) in [4.78, 5) is 8.41. The van der Waals surface area contributed by atoms with E-state index >= 15 is 0 Å². The van der Waals surface area contributed by atoms with Gasteiger partial charge in [0.25, 0.3) is 0 Å². The summed E-state index contributed by atoms with van der Waals surface area (Å²) in [6.45, 7) is 56.8. The molecule has 0 saturated heterocycles. The number of benzene rings is 6. The zero-order chi connectivity index (χ0) is 83.0. The smallest absolute Gasteiger partial charge is 0.132 e. The molecule has 10 rings (SSSR count). The minimum Gasteiger partial charge on any atom is -0.512 e. The highest BCUT2D eigenvalue weighted by atomic mass is 16.5. The van der Waals surface area contributed by atoms with E-state index in [1.807, 2.05) is 24.9 Å². The number of hydrogen-bond acceptors (Lipinski definition) is 11. The first-order valence-corrected chi connectivity index (χ1v) is 39.8. The van der Waals surface area contributed by atoms with Crippen molar-refractivity contribution in [1.29, 1.82) is 0 Å². The third kappa shape index (κ3) is 22.5. The Morgan fingerprint density at radius 3 is 0.829 bits per heavy atom. The van der Waals surface area contributed by atoms with Crippen LogP contribution in [0.4, 0.5) is 0 Å². The normalized spacial score (nSPS) is 16.2. The van der Waals surface area contributed by atoms with Crippen LogP contribution < -0.4 is 4.74 Å². The number of rotatable bonds is 6. The number of aromatic hydroxyl groups is 5. The van der Waals surface area contributed by atoms with Gasteiger partial charge >= 0.3 is 0 Å². The van der Waals surface area contributed by atoms with Crippen molar-refractivity contribution in [3.8, 4) is 34.5 Å². The van der Waals surface area contributed by atoms with Crippen LogP contribution >= 0.6 is 0 Å². The molecule has 0 atom stereocenters. The van der Waals surface area contributed by atoms with E-state index in [0.29, 0.717) is 75.7 Å². The van der Waals surface area contributed by atoms with Gasteiger partial charge in [-0.25, -0.2) is 9.97 Å². The van der Waals surface area contributed by atoms with Gasteiger partial charge in [0.2, 0.25) is 0 Å². The molecule has 0 unspecified atom stereocenters. The van der Waals surface area contributed by atoms with Gasteiger partial charge in [0, 0.05) is 77.9 Å². The molecule has 8 aromatic rings. The highest BCUT2D eigenvalue weighted by Gasteiger charge is 2.31. The van der Waals surface area contributed by atoms with E-state index in [4.69, 9.17) is 9.84 Å². The van der Waals surface area contributed by atoms with Crippen molar-refractivity contribution in [3.63, 3.8) is 0 Å². The molecular weight excluding hydrogens is 1380 g/mol. The summed E-state index contributed by atoms with van der Waals surface area (Å²) in [5, 5.41) is 92.0. The quantitative estimate of drug-likeness (QED) is 0.0786. The number of phenols is 5. The Labute approximate surface area is 665 Å². The monoisotopic (exact) mass is 1510 g/mol. The van der Waals surface area contributed by atoms with Gasteiger partial charge in [0.15, 0.2) is 0 Å². The molecule has 0 saturated carbocycles. The number of ether oxygens (including phenoxy) is 1. The lowest BCUT2D eigenvalue weighted by atomic mass is 9.80. The summed E-state index contributed by atoms with van der Waals surface area (Å²) in [6.07, 6.45) is 15.3. The predicted octanol–water partition coefficient (Wildman–Crippen LogP) is 22.9. The molecule has 6 aromatic carbocycles. The topological polar surface area (TPSA) is 207 Å². The molecule has 0 radical (unpaired) electrons. The molecule has 0 fully saturated rings. The lowest BCUT2D eigenvalue weighted by Crippen LogP contribution is -2.16. The predicted molar refractivity (Wildman–Crippen MR) is 457 cm³/mol. The van der Waals surface area contributed by atoms with E-state index in [1.165, 1.54) is 0 Å². The van der Waals surface area contributed by atoms with Crippen molar-refractivity contribution in [2.75, 3.05) is 0 Å². The summed E-state index contributed by atoms with van der Waals surface area (Å²) in [5.74, 6) is 2.37. The highest BCUT2D eigenvalue weighted by molar-refractivity contribution is 5.60. The third-order valence-corrected chi connectivity index (χ3v) is 22.3. The fourth-order valence-electron chi connectivity index (χ4n) is 13.8. The first-order valence-electron chi connectivity index (χ1n) is 39.8. The summed E-state index contributed by atoms with van der Waals surface area (Å²) in [6, 6.07) is 25.3. The first kappa shape index (κ1) is 87.6. The number of aliphatic hydroxyl groups is 3. The number of hydrogen-bond donors (Lipinski definition) is 8. The Kier molecular flexibility index (Phi) is 26.4. The number of aromatic nitrogens is 4. The van der Waals surface area contributed by atoms with Crippen LogP contribution in [0.1, 0.15) is 304 Å². The summed E-state index contributed by atoms with van der Waals surface area (Å²) in [5.41, 5.74) is 20.3. The molecule has 13 heteroatoms. The molecular formula is C98H134N4O9. The first-order chi connectivity index (χ1) is 51.0. The lowest BCUT2D eigenvalue weighted by molar-refractivity contribution is 0.277. The number of phenolic OH excluding ortho intramolecular Hbond substituents is 5. The fourth-order valence-corrected chi connectivity index (χ4v) is 13.8. The molecule has 600 valence electrons. The van der Waals surface area contributed by atoms with Crippen LogP contribution in [-0.2, 0) is 111 Å². The zero-order valence-electron chi connectivity index (χ0n) is 72.7. The van der Waals surface area contributed by atoms with E-state index < -0.39 is 0 Å². The molecule has 0 aliphatic heterocycles. The molecule has 0 spiro atoms. The Bertz CT molecular complexity index is 4830. The van der Waals surface area contributed by atoms with Gasteiger partial charge in [-0.15, -0.1) is 0 Å². The second-order valence-corrected chi connectivity index (χ2v) is 40.0. The molecule has 0 amide bonds. The average Bonchev–Trinajstić information content (AvgIpc) is 0.899. The van der Waals surface area contributed by atoms with Crippen LogP contribution in [0.25, 0.3) is 0 Å². The third-order valence-electron chi connectivity index (χ3n) is 22.3. The van der Waals surface area contributed by atoms with E-state index in [0.717, 1.165) is 134 Å². The maximum Gasteiger partial charge on any atom is 0.132 e. The maximum absolute atomic E-state index is 12.2. The Hall–Kier alpha value is -8.94. The zero-order valence-corrected chi connectivity index (χ0v) is 72.7. The number of aryl methyl sites for hydroxylation is 4. The number of fused-ring (bicyclic) bond motifs is 12. The van der Waals surface area contributed by atoms with Crippen molar-refractivity contribution in [2.45, 2.75) is 290 Å². The summed E-state index contributed by atoms with van der Waals surface area (Å²) >= 11 is 0. The average molecular weight is 1510 g/mol. The van der Waals surface area contributed by atoms with Crippen molar-refractivity contribution in [1.82, 2.24) is 19.1 Å². The van der Waals surface area contributed by atoms with Crippen LogP contribution in [0.5, 0.6) is 34.5 Å². The van der Waals surface area contributed by atoms with Crippen LogP contribution in [-0.4, -0.2) is 60.0 Å². The number of nitrogens with zero attached hydrogens (tertiary/aromatic N) is 4. The molecule has 13 nitrogen and oxygen atoms in total. The van der Waals surface area contributed by atoms with Gasteiger partial charge < -0.3 is 54.7 Å². The van der Waals surface area contributed by atoms with Crippen molar-refractivity contribution in [3.05, 3.63) is 255 Å². The maximum atomic E-state index is 12.2. The minimum atomic E-state index is -0.191. The fraction of sp³-hybridized carbons (Fsp3) is 0.490. The second-order valence-electron chi connectivity index (χ2n) is 40.0. The van der Waals surface area contributed by atoms with Crippen molar-refractivity contribution in [2.24, 2.45) is 24.9 Å². The standard InChI is InChI=1S/C49H66N2O4.C44H60O4.C5H8N2O/c1-30(46(2,3)4)17-32-18-36-25-40(49(11,12)13)26-37(45(36)55-28-41-27-51(14)29-50-41)20-35-24-39(48(8,9)10)23-34(44(35)54)19-33-22-38(47(5,6)7)21-31(43(33)53)15-16-42(32)52;1-26(41(2,3)4)16-28-17-29-21-35(43(8,9)10)24-32(39(29)47)19-33-25-36(44(11,12)13)23-31(40(33)48)18-30-22-34(42(5,6)7)20-27(38(30)46)14-15-37(28)45;1-7-2-5(3-8)6-4-7/h17,21-27,29,52-54H,15-16,18-20,28H2,1-14H3;16,20-25,45-48H,14-15,17-19H2,1-13H3;2,4,8H,3H2,1H3/b30-17+,42-32-;26-16+,37-28-;. The van der Waals surface area contributed by atoms with Gasteiger partial charge in [0.05, 0.1) is 42.2 Å². The summed E-state index contributed by atoms with van der Waals surface area (Å²) in [7, 11) is 3.82. The van der Waals surface area contributed by atoms with Gasteiger partial charge in [-0.05, 0) is 181 Å². The minimum absolute atomic E-state index is 0.0286. The van der Waals surface area contributed by atoms with Gasteiger partial charge in [0.1, 0.15) is 41.1 Å². The van der Waals surface area contributed by atoms with Gasteiger partial charge in [-0.1, -0.05) is 262 Å². The largest absolute Gasteiger partial charge is 0.512 e. The van der Waals surface area contributed by atoms with E-state index in [9.17, 15) is 35.7 Å². The lowest BCUT2D eigenvalue weighted by Gasteiger charge is -2.27. The highest BCUT2D eigenvalue weighted by Crippen LogP contribution is 2.46. The van der Waals surface area contributed by atoms with E-state index in [-0.39, 0.29) is 91.0 Å². The Morgan fingerprint density at radius 1 is 0.342 bits per heavy atom. The van der Waals surface area contributed by atoms with E-state index in [1.54, 1.807) is 23.4 Å². The van der Waals surface area contributed by atoms with Crippen LogP contribution in [0.3, 0.4) is 0 Å². The van der Waals surface area contributed by atoms with E-state index in [2.05, 4.69) is 275 Å². The van der Waals surface area contributed by atoms with Crippen LogP contribution in [0, 0.1) is 10.8 Å². The number of allylic oxidation sites excluding steroid dienone is 8. The van der Waals surface area contributed by atoms with Crippen LogP contribution in [0.2, 0.25) is 0 Å². The van der Waals surface area contributed by atoms with Crippen molar-refractivity contribution >= 4 is 0 Å². The second kappa shape index (κ2) is 33.4. The molecule has 8 N–H and O–H groups in total. The van der Waals surface area contributed by atoms with Crippen LogP contribution in [0.15, 0.2) is 144 Å². The molecule has 111 heavy (non-hydrogen) atoms. The Morgan fingerprint density at radius 2 is 0.577 bits per heavy atom. The molecule has 12 bridgehead atoms. The number of imidazole rings is 2. The summed E-state index contributed by atoms with van der Waals surface area (Å²) < 4.78 is 10.5. The van der Waals surface area contributed by atoms with Gasteiger partial charge in [-0.2, -0.15) is 0 Å². The molecule has 2 aromatic heterocycles. The van der Waals surface area contributed by atoms with Crippen molar-refractivity contribution < 1.29 is 45.6 Å². The molecule has 2 heterocycles. The number of aliphatic hydroxyl groups excluding tert-OH is 3. The SMILES string of the molecule is C/C(=C\C1=C(\O)CCc2cc(C(C)(C)C)cc(c2O)Cc2cc(C(C)(C)C)cc(c2O)Cc2cc(C(C)(C)C)cc(c2O)C1)C(C)(C)C.C/C(=C\C1=C(\O)CCc2cc(C(C)(C)C)cc(c2O)Cc2cc(C(C)(C)C)cc(c2O)Cc2cc(C(C)(C)C)cc(c2OCc2cn(C)cn2)C1)C(C)(C)C.Cn1cnc(CO)c1.